The molecule has 0 fully saturated rings. The smallest absolute Gasteiger partial charge is 0.407 e. The average Bonchev–Trinajstić information content (AvgIpc) is 2.86. The maximum atomic E-state index is 11.8. The number of alkyl carbamates (subject to hydrolysis) is 1. The van der Waals surface area contributed by atoms with Gasteiger partial charge in [0.1, 0.15) is 12.4 Å². The third kappa shape index (κ3) is 5.63. The van der Waals surface area contributed by atoms with Crippen LogP contribution in [0.4, 0.5) is 4.79 Å². The Bertz CT molecular complexity index is 732. The van der Waals surface area contributed by atoms with E-state index in [4.69, 9.17) is 16.3 Å². The van der Waals surface area contributed by atoms with Gasteiger partial charge in [0.15, 0.2) is 0 Å². The maximum Gasteiger partial charge on any atom is 0.407 e. The highest BCUT2D eigenvalue weighted by Gasteiger charge is 2.15. The summed E-state index contributed by atoms with van der Waals surface area (Å²) in [5.74, 6) is 1.88. The quantitative estimate of drug-likeness (QED) is 0.745. The Morgan fingerprint density at radius 1 is 1.36 bits per heavy atom. The van der Waals surface area contributed by atoms with Gasteiger partial charge in [0.05, 0.1) is 16.9 Å². The van der Waals surface area contributed by atoms with Crippen molar-refractivity contribution in [2.75, 3.05) is 0 Å². The molecule has 6 heteroatoms. The van der Waals surface area contributed by atoms with E-state index in [0.717, 1.165) is 35.4 Å². The number of amides is 1. The molecule has 5 nitrogen and oxygen atoms in total. The zero-order chi connectivity index (χ0) is 18.6. The second-order valence-corrected chi connectivity index (χ2v) is 8.04. The number of halogens is 1. The number of carbonyl (C=O) groups excluding carboxylic acids is 1. The number of aryl methyl sites for hydroxylation is 1. The predicted octanol–water partition coefficient (Wildman–Crippen LogP) is 4.85. The Balaban J connectivity index is 2.13. The second-order valence-electron chi connectivity index (χ2n) is 7.77. The van der Waals surface area contributed by atoms with E-state index in [1.165, 1.54) is 0 Å². The first-order valence-electron chi connectivity index (χ1n) is 8.68. The van der Waals surface area contributed by atoms with E-state index in [-0.39, 0.29) is 12.1 Å². The van der Waals surface area contributed by atoms with E-state index in [2.05, 4.69) is 28.7 Å². The SMILES string of the molecule is CC(C)CCn1c(CCl)nc2cc(COC(=O)NC(C)(C)C)ccc21. The molecule has 2 rings (SSSR count). The molecule has 25 heavy (non-hydrogen) atoms. The molecule has 138 valence electrons. The van der Waals surface area contributed by atoms with Crippen molar-refractivity contribution in [2.24, 2.45) is 5.92 Å². The first-order chi connectivity index (χ1) is 11.7. The number of ether oxygens (including phenoxy) is 1. The average molecular weight is 366 g/mol. The van der Waals surface area contributed by atoms with E-state index in [0.29, 0.717) is 11.8 Å². The van der Waals surface area contributed by atoms with Gasteiger partial charge in [-0.3, -0.25) is 0 Å². The van der Waals surface area contributed by atoms with Crippen LogP contribution >= 0.6 is 11.6 Å². The van der Waals surface area contributed by atoms with Crippen molar-refractivity contribution in [3.8, 4) is 0 Å². The molecule has 0 aliphatic rings. The van der Waals surface area contributed by atoms with Gasteiger partial charge in [-0.2, -0.15) is 0 Å². The van der Waals surface area contributed by atoms with Crippen LogP contribution in [-0.4, -0.2) is 21.2 Å². The zero-order valence-electron chi connectivity index (χ0n) is 15.7. The number of aromatic nitrogens is 2. The third-order valence-corrected chi connectivity index (χ3v) is 4.03. The van der Waals surface area contributed by atoms with Crippen LogP contribution in [0, 0.1) is 5.92 Å². The summed E-state index contributed by atoms with van der Waals surface area (Å²) < 4.78 is 7.46. The molecule has 0 atom stereocenters. The molecule has 0 bridgehead atoms. The highest BCUT2D eigenvalue weighted by molar-refractivity contribution is 6.16. The fourth-order valence-corrected chi connectivity index (χ4v) is 2.75. The number of benzene rings is 1. The molecule has 0 aliphatic heterocycles. The fourth-order valence-electron chi connectivity index (χ4n) is 2.55. The fraction of sp³-hybridized carbons (Fsp3) is 0.579. The van der Waals surface area contributed by atoms with Gasteiger partial charge in [-0.1, -0.05) is 19.9 Å². The van der Waals surface area contributed by atoms with Crippen LogP contribution < -0.4 is 5.32 Å². The van der Waals surface area contributed by atoms with Gasteiger partial charge in [-0.25, -0.2) is 9.78 Å². The number of imidazole rings is 1. The molecule has 0 unspecified atom stereocenters. The highest BCUT2D eigenvalue weighted by atomic mass is 35.5. The molecular formula is C19H28ClN3O2. The van der Waals surface area contributed by atoms with Gasteiger partial charge in [-0.15, -0.1) is 11.6 Å². The number of alkyl halides is 1. The van der Waals surface area contributed by atoms with Crippen molar-refractivity contribution < 1.29 is 9.53 Å². The first kappa shape index (κ1) is 19.6. The van der Waals surface area contributed by atoms with Crippen LogP contribution in [0.2, 0.25) is 0 Å². The molecule has 1 aromatic heterocycles. The molecule has 0 saturated carbocycles. The predicted molar refractivity (Wildman–Crippen MR) is 102 cm³/mol. The van der Waals surface area contributed by atoms with Crippen molar-refractivity contribution in [1.82, 2.24) is 14.9 Å². The molecule has 1 amide bonds. The Hall–Kier alpha value is -1.75. The van der Waals surface area contributed by atoms with E-state index >= 15 is 0 Å². The van der Waals surface area contributed by atoms with E-state index in [1.807, 2.05) is 39.0 Å². The lowest BCUT2D eigenvalue weighted by molar-refractivity contribution is 0.131. The topological polar surface area (TPSA) is 56.2 Å². The number of hydrogen-bond donors (Lipinski definition) is 1. The molecule has 0 spiro atoms. The summed E-state index contributed by atoms with van der Waals surface area (Å²) in [5.41, 5.74) is 2.55. The lowest BCUT2D eigenvalue weighted by Crippen LogP contribution is -2.40. The highest BCUT2D eigenvalue weighted by Crippen LogP contribution is 2.21. The van der Waals surface area contributed by atoms with Crippen LogP contribution in [0.25, 0.3) is 11.0 Å². The Kier molecular flexibility index (Phi) is 6.33. The van der Waals surface area contributed by atoms with Gasteiger partial charge < -0.3 is 14.6 Å². The molecule has 1 N–H and O–H groups in total. The molecule has 2 aromatic rings. The third-order valence-electron chi connectivity index (χ3n) is 3.79. The van der Waals surface area contributed by atoms with Crippen LogP contribution in [0.3, 0.4) is 0 Å². The number of nitrogens with one attached hydrogen (secondary N) is 1. The van der Waals surface area contributed by atoms with Gasteiger partial charge in [-0.05, 0) is 50.8 Å². The number of rotatable bonds is 6. The lowest BCUT2D eigenvalue weighted by Gasteiger charge is -2.19. The van der Waals surface area contributed by atoms with E-state index in [1.54, 1.807) is 0 Å². The van der Waals surface area contributed by atoms with Crippen molar-refractivity contribution in [3.63, 3.8) is 0 Å². The summed E-state index contributed by atoms with van der Waals surface area (Å²) in [6.07, 6.45) is 0.657. The first-order valence-corrected chi connectivity index (χ1v) is 9.22. The van der Waals surface area contributed by atoms with Crippen LogP contribution in [0.5, 0.6) is 0 Å². The largest absolute Gasteiger partial charge is 0.445 e. The number of hydrogen-bond acceptors (Lipinski definition) is 3. The molecule has 1 heterocycles. The molecule has 1 aromatic carbocycles. The van der Waals surface area contributed by atoms with Crippen LogP contribution in [0.15, 0.2) is 18.2 Å². The summed E-state index contributed by atoms with van der Waals surface area (Å²) in [7, 11) is 0. The van der Waals surface area contributed by atoms with Gasteiger partial charge in [0.25, 0.3) is 0 Å². The van der Waals surface area contributed by atoms with E-state index < -0.39 is 6.09 Å². The molecule has 0 radical (unpaired) electrons. The summed E-state index contributed by atoms with van der Waals surface area (Å²) in [4.78, 5) is 16.4. The standard InChI is InChI=1S/C19H28ClN3O2/c1-13(2)8-9-23-16-7-6-14(10-15(16)21-17(23)11-20)12-25-18(24)22-19(3,4)5/h6-7,10,13H,8-9,11-12H2,1-5H3,(H,22,24). The number of fused-ring (bicyclic) bond motifs is 1. The zero-order valence-corrected chi connectivity index (χ0v) is 16.5. The minimum absolute atomic E-state index is 0.215. The Labute approximate surface area is 154 Å². The van der Waals surface area contributed by atoms with Crippen LogP contribution in [-0.2, 0) is 23.8 Å². The number of carbonyl (C=O) groups is 1. The minimum Gasteiger partial charge on any atom is -0.445 e. The van der Waals surface area contributed by atoms with Gasteiger partial charge >= 0.3 is 6.09 Å². The van der Waals surface area contributed by atoms with Crippen molar-refractivity contribution in [2.45, 2.75) is 65.6 Å². The Morgan fingerprint density at radius 2 is 2.08 bits per heavy atom. The van der Waals surface area contributed by atoms with Crippen molar-refractivity contribution >= 4 is 28.7 Å². The summed E-state index contributed by atoms with van der Waals surface area (Å²) >= 11 is 6.06. The Morgan fingerprint density at radius 3 is 2.68 bits per heavy atom. The second kappa shape index (κ2) is 8.09. The minimum atomic E-state index is -0.420. The van der Waals surface area contributed by atoms with Crippen LogP contribution in [0.1, 0.15) is 52.4 Å². The number of nitrogens with zero attached hydrogens (tertiary/aromatic N) is 2. The molecule has 0 saturated heterocycles. The van der Waals surface area contributed by atoms with Crippen molar-refractivity contribution in [3.05, 3.63) is 29.6 Å². The monoisotopic (exact) mass is 365 g/mol. The lowest BCUT2D eigenvalue weighted by atomic mass is 10.1. The molecular weight excluding hydrogens is 338 g/mol. The maximum absolute atomic E-state index is 11.8. The van der Waals surface area contributed by atoms with Crippen molar-refractivity contribution in [1.29, 1.82) is 0 Å². The summed E-state index contributed by atoms with van der Waals surface area (Å²) in [5, 5.41) is 2.78. The summed E-state index contributed by atoms with van der Waals surface area (Å²) in [6, 6.07) is 5.96. The van der Waals surface area contributed by atoms with E-state index in [9.17, 15) is 4.79 Å². The normalized spacial score (nSPS) is 12.0. The van der Waals surface area contributed by atoms with Gasteiger partial charge in [0.2, 0.25) is 0 Å². The summed E-state index contributed by atoms with van der Waals surface area (Å²) in [6.45, 7) is 11.3. The molecule has 0 aliphatic carbocycles. The van der Waals surface area contributed by atoms with Gasteiger partial charge in [0, 0.05) is 12.1 Å².